The molecule has 1 fully saturated rings. The van der Waals surface area contributed by atoms with Crippen LogP contribution in [-0.2, 0) is 11.3 Å². The zero-order chi connectivity index (χ0) is 12.1. The van der Waals surface area contributed by atoms with Crippen LogP contribution >= 0.6 is 11.6 Å². The van der Waals surface area contributed by atoms with Gasteiger partial charge in [-0.2, -0.15) is 0 Å². The van der Waals surface area contributed by atoms with Crippen LogP contribution in [0.4, 0.5) is 0 Å². The molecule has 1 N–H and O–H groups in total. The van der Waals surface area contributed by atoms with E-state index in [0.717, 1.165) is 42.8 Å². The first kappa shape index (κ1) is 12.9. The van der Waals surface area contributed by atoms with Crippen LogP contribution in [-0.4, -0.2) is 19.8 Å². The van der Waals surface area contributed by atoms with Crippen molar-refractivity contribution >= 4 is 11.6 Å². The van der Waals surface area contributed by atoms with Crippen molar-refractivity contribution in [2.24, 2.45) is 5.92 Å². The molecule has 0 heterocycles. The van der Waals surface area contributed by atoms with Gasteiger partial charge < -0.3 is 10.1 Å². The summed E-state index contributed by atoms with van der Waals surface area (Å²) in [5.41, 5.74) is 2.35. The third kappa shape index (κ3) is 4.66. The lowest BCUT2D eigenvalue weighted by Crippen LogP contribution is -2.19. The summed E-state index contributed by atoms with van der Waals surface area (Å²) < 4.78 is 5.55. The lowest BCUT2D eigenvalue weighted by molar-refractivity contribution is 0.126. The van der Waals surface area contributed by atoms with Crippen molar-refractivity contribution in [3.8, 4) is 0 Å². The van der Waals surface area contributed by atoms with Crippen molar-refractivity contribution in [3.05, 3.63) is 34.3 Å². The van der Waals surface area contributed by atoms with Gasteiger partial charge in [-0.05, 0) is 42.9 Å². The van der Waals surface area contributed by atoms with Crippen LogP contribution in [0.3, 0.4) is 0 Å². The molecule has 1 aromatic carbocycles. The fourth-order valence-electron chi connectivity index (χ4n) is 1.66. The third-order valence-electron chi connectivity index (χ3n) is 3.04. The Balaban J connectivity index is 1.58. The molecule has 0 spiro atoms. The number of benzene rings is 1. The van der Waals surface area contributed by atoms with E-state index < -0.39 is 0 Å². The highest BCUT2D eigenvalue weighted by Crippen LogP contribution is 2.28. The van der Waals surface area contributed by atoms with Crippen LogP contribution in [0.2, 0.25) is 5.02 Å². The van der Waals surface area contributed by atoms with E-state index in [1.54, 1.807) is 0 Å². The molecule has 2 rings (SSSR count). The molecule has 1 saturated carbocycles. The smallest absolute Gasteiger partial charge is 0.0591 e. The summed E-state index contributed by atoms with van der Waals surface area (Å²) in [6.45, 7) is 5.52. The molecule has 0 aromatic heterocycles. The highest BCUT2D eigenvalue weighted by Gasteiger charge is 2.20. The van der Waals surface area contributed by atoms with E-state index in [9.17, 15) is 0 Å². The largest absolute Gasteiger partial charge is 0.380 e. The van der Waals surface area contributed by atoms with Crippen molar-refractivity contribution in [1.82, 2.24) is 5.32 Å². The number of halogens is 1. The van der Waals surface area contributed by atoms with Crippen LogP contribution < -0.4 is 5.32 Å². The average molecular weight is 254 g/mol. The van der Waals surface area contributed by atoms with Crippen LogP contribution in [0.25, 0.3) is 0 Å². The first-order chi connectivity index (χ1) is 8.25. The summed E-state index contributed by atoms with van der Waals surface area (Å²) in [7, 11) is 0. The SMILES string of the molecule is Cc1ccc(CNCCOCC2CC2)cc1Cl. The minimum atomic E-state index is 0.802. The van der Waals surface area contributed by atoms with Gasteiger partial charge in [0.2, 0.25) is 0 Å². The first-order valence-electron chi connectivity index (χ1n) is 6.29. The summed E-state index contributed by atoms with van der Waals surface area (Å²) >= 11 is 6.07. The molecule has 0 amide bonds. The zero-order valence-electron chi connectivity index (χ0n) is 10.3. The van der Waals surface area contributed by atoms with E-state index in [1.165, 1.54) is 18.4 Å². The molecule has 0 atom stereocenters. The Kier molecular flexibility index (Phi) is 4.84. The molecule has 3 heteroatoms. The number of nitrogens with one attached hydrogen (secondary N) is 1. The van der Waals surface area contributed by atoms with Crippen molar-refractivity contribution < 1.29 is 4.74 Å². The molecule has 1 aliphatic rings. The lowest BCUT2D eigenvalue weighted by atomic mass is 10.1. The van der Waals surface area contributed by atoms with E-state index in [-0.39, 0.29) is 0 Å². The quantitative estimate of drug-likeness (QED) is 0.754. The maximum atomic E-state index is 6.07. The van der Waals surface area contributed by atoms with Crippen molar-refractivity contribution in [1.29, 1.82) is 0 Å². The minimum Gasteiger partial charge on any atom is -0.380 e. The van der Waals surface area contributed by atoms with Gasteiger partial charge in [0.1, 0.15) is 0 Å². The van der Waals surface area contributed by atoms with Crippen LogP contribution in [0.1, 0.15) is 24.0 Å². The Morgan fingerprint density at radius 1 is 1.41 bits per heavy atom. The predicted octanol–water partition coefficient (Wildman–Crippen LogP) is 3.16. The Hall–Kier alpha value is -0.570. The van der Waals surface area contributed by atoms with Crippen molar-refractivity contribution in [3.63, 3.8) is 0 Å². The molecule has 94 valence electrons. The van der Waals surface area contributed by atoms with Crippen LogP contribution in [0, 0.1) is 12.8 Å². The van der Waals surface area contributed by atoms with E-state index in [2.05, 4.69) is 17.4 Å². The highest BCUT2D eigenvalue weighted by molar-refractivity contribution is 6.31. The topological polar surface area (TPSA) is 21.3 Å². The number of ether oxygens (including phenoxy) is 1. The summed E-state index contributed by atoms with van der Waals surface area (Å²) in [5, 5.41) is 4.20. The van der Waals surface area contributed by atoms with E-state index in [0.29, 0.717) is 0 Å². The number of rotatable bonds is 7. The van der Waals surface area contributed by atoms with Gasteiger partial charge in [-0.3, -0.25) is 0 Å². The summed E-state index contributed by atoms with van der Waals surface area (Å²) in [5.74, 6) is 0.853. The van der Waals surface area contributed by atoms with E-state index >= 15 is 0 Å². The molecular weight excluding hydrogens is 234 g/mol. The lowest BCUT2D eigenvalue weighted by Gasteiger charge is -2.07. The number of aryl methyl sites for hydroxylation is 1. The average Bonchev–Trinajstić information content (AvgIpc) is 3.12. The Morgan fingerprint density at radius 3 is 2.94 bits per heavy atom. The van der Waals surface area contributed by atoms with Gasteiger partial charge in [-0.1, -0.05) is 23.7 Å². The standard InChI is InChI=1S/C14H20ClNO/c1-11-2-3-13(8-14(11)15)9-16-6-7-17-10-12-4-5-12/h2-3,8,12,16H,4-7,9-10H2,1H3. The van der Waals surface area contributed by atoms with Gasteiger partial charge >= 0.3 is 0 Å². The molecule has 1 aliphatic carbocycles. The molecule has 17 heavy (non-hydrogen) atoms. The minimum absolute atomic E-state index is 0.802. The van der Waals surface area contributed by atoms with Crippen LogP contribution in [0.15, 0.2) is 18.2 Å². The van der Waals surface area contributed by atoms with Gasteiger partial charge in [0, 0.05) is 24.7 Å². The number of hydrogen-bond acceptors (Lipinski definition) is 2. The van der Waals surface area contributed by atoms with E-state index in [1.807, 2.05) is 13.0 Å². The van der Waals surface area contributed by atoms with Crippen molar-refractivity contribution in [2.45, 2.75) is 26.3 Å². The van der Waals surface area contributed by atoms with Crippen molar-refractivity contribution in [2.75, 3.05) is 19.8 Å². The maximum absolute atomic E-state index is 6.07. The molecule has 1 aromatic rings. The fraction of sp³-hybridized carbons (Fsp3) is 0.571. The summed E-state index contributed by atoms with van der Waals surface area (Å²) in [4.78, 5) is 0. The van der Waals surface area contributed by atoms with E-state index in [4.69, 9.17) is 16.3 Å². The molecule has 0 radical (unpaired) electrons. The molecule has 0 aliphatic heterocycles. The highest BCUT2D eigenvalue weighted by atomic mass is 35.5. The monoisotopic (exact) mass is 253 g/mol. The van der Waals surface area contributed by atoms with Gasteiger partial charge in [0.25, 0.3) is 0 Å². The van der Waals surface area contributed by atoms with Gasteiger partial charge in [-0.15, -0.1) is 0 Å². The molecule has 0 unspecified atom stereocenters. The summed E-state index contributed by atoms with van der Waals surface area (Å²) in [6.07, 6.45) is 2.71. The van der Waals surface area contributed by atoms with Gasteiger partial charge in [-0.25, -0.2) is 0 Å². The van der Waals surface area contributed by atoms with Crippen LogP contribution in [0.5, 0.6) is 0 Å². The third-order valence-corrected chi connectivity index (χ3v) is 3.45. The second-order valence-electron chi connectivity index (χ2n) is 4.78. The Morgan fingerprint density at radius 2 is 2.24 bits per heavy atom. The fourth-order valence-corrected chi connectivity index (χ4v) is 1.86. The molecular formula is C14H20ClNO. The number of hydrogen-bond donors (Lipinski definition) is 1. The second-order valence-corrected chi connectivity index (χ2v) is 5.19. The first-order valence-corrected chi connectivity index (χ1v) is 6.67. The summed E-state index contributed by atoms with van der Waals surface area (Å²) in [6, 6.07) is 6.19. The Labute approximate surface area is 108 Å². The maximum Gasteiger partial charge on any atom is 0.0591 e. The molecule has 0 bridgehead atoms. The zero-order valence-corrected chi connectivity index (χ0v) is 11.1. The second kappa shape index (κ2) is 6.39. The Bertz CT molecular complexity index is 363. The van der Waals surface area contributed by atoms with Gasteiger partial charge in [0.05, 0.1) is 6.61 Å². The van der Waals surface area contributed by atoms with Gasteiger partial charge in [0.15, 0.2) is 0 Å². The molecule has 0 saturated heterocycles. The molecule has 2 nitrogen and oxygen atoms in total. The normalized spacial score (nSPS) is 15.2. The predicted molar refractivity (Wildman–Crippen MR) is 71.4 cm³/mol.